The van der Waals surface area contributed by atoms with Crippen molar-refractivity contribution in [1.82, 2.24) is 0 Å². The molecule has 6 heteroatoms. The zero-order valence-electron chi connectivity index (χ0n) is 13.6. The molecule has 0 spiro atoms. The lowest BCUT2D eigenvalue weighted by molar-refractivity contribution is -0.134. The van der Waals surface area contributed by atoms with Gasteiger partial charge in [0.1, 0.15) is 5.82 Å². The maximum absolute atomic E-state index is 13.3. The molecule has 1 unspecified atom stereocenters. The van der Waals surface area contributed by atoms with Gasteiger partial charge in [0.25, 0.3) is 0 Å². The number of halogens is 1. The summed E-state index contributed by atoms with van der Waals surface area (Å²) in [5, 5.41) is 9.83. The van der Waals surface area contributed by atoms with Crippen LogP contribution in [0, 0.1) is 5.82 Å². The van der Waals surface area contributed by atoms with Crippen LogP contribution in [0.1, 0.15) is 40.2 Å². The van der Waals surface area contributed by atoms with Gasteiger partial charge in [0, 0.05) is 13.2 Å². The second-order valence-corrected chi connectivity index (χ2v) is 3.98. The van der Waals surface area contributed by atoms with Crippen molar-refractivity contribution in [2.24, 2.45) is 0 Å². The van der Waals surface area contributed by atoms with Crippen molar-refractivity contribution in [3.05, 3.63) is 29.6 Å². The van der Waals surface area contributed by atoms with Gasteiger partial charge in [0.15, 0.2) is 6.29 Å². The number of hydrogen-bond donors (Lipinski definition) is 1. The van der Waals surface area contributed by atoms with E-state index in [0.29, 0.717) is 24.2 Å². The van der Waals surface area contributed by atoms with Gasteiger partial charge in [0.2, 0.25) is 0 Å². The van der Waals surface area contributed by atoms with Crippen molar-refractivity contribution < 1.29 is 23.5 Å². The van der Waals surface area contributed by atoms with E-state index in [2.05, 4.69) is 0 Å². The average molecular weight is 300 g/mol. The molecule has 0 amide bonds. The first-order valence-corrected chi connectivity index (χ1v) is 7.39. The Balaban J connectivity index is 0.00000191. The standard InChI is InChI=1S/C13H20BFO4.C2H6/c1-4-17-10(3)18-9-11-8-12(15)6-7-13(11)14(16)19-5-2;1-2/h6-8,10,16H,4-5,9H2,1-3H3;1-2H3. The number of hydrogen-bond acceptors (Lipinski definition) is 4. The summed E-state index contributed by atoms with van der Waals surface area (Å²) in [6.45, 7) is 10.5. The molecule has 0 aromatic heterocycles. The van der Waals surface area contributed by atoms with Gasteiger partial charge >= 0.3 is 7.12 Å². The summed E-state index contributed by atoms with van der Waals surface area (Å²) in [4.78, 5) is 0. The third-order valence-electron chi connectivity index (χ3n) is 2.57. The highest BCUT2D eigenvalue weighted by Gasteiger charge is 2.20. The quantitative estimate of drug-likeness (QED) is 0.592. The summed E-state index contributed by atoms with van der Waals surface area (Å²) >= 11 is 0. The molecule has 1 atom stereocenters. The second kappa shape index (κ2) is 11.7. The zero-order chi connectivity index (χ0) is 16.3. The molecule has 0 fully saturated rings. The van der Waals surface area contributed by atoms with Crippen molar-refractivity contribution in [3.63, 3.8) is 0 Å². The first-order chi connectivity index (χ1) is 10.1. The third-order valence-corrected chi connectivity index (χ3v) is 2.57. The van der Waals surface area contributed by atoms with E-state index in [1.54, 1.807) is 13.8 Å². The Morgan fingerprint density at radius 1 is 1.19 bits per heavy atom. The van der Waals surface area contributed by atoms with Crippen LogP contribution >= 0.6 is 0 Å². The Morgan fingerprint density at radius 2 is 1.86 bits per heavy atom. The lowest BCUT2D eigenvalue weighted by atomic mass is 9.76. The van der Waals surface area contributed by atoms with Crippen LogP contribution in [0.25, 0.3) is 0 Å². The van der Waals surface area contributed by atoms with E-state index >= 15 is 0 Å². The van der Waals surface area contributed by atoms with E-state index in [1.165, 1.54) is 18.2 Å². The molecule has 1 rings (SSSR count). The summed E-state index contributed by atoms with van der Waals surface area (Å²) in [5.41, 5.74) is 1.06. The van der Waals surface area contributed by atoms with E-state index < -0.39 is 7.12 Å². The topological polar surface area (TPSA) is 47.9 Å². The predicted octanol–water partition coefficient (Wildman–Crippen LogP) is 2.48. The molecule has 0 heterocycles. The van der Waals surface area contributed by atoms with Gasteiger partial charge in [-0.25, -0.2) is 4.39 Å². The molecule has 1 N–H and O–H groups in total. The molecule has 0 saturated heterocycles. The summed E-state index contributed by atoms with van der Waals surface area (Å²) in [7, 11) is -1.08. The smallest absolute Gasteiger partial charge is 0.423 e. The van der Waals surface area contributed by atoms with Gasteiger partial charge in [-0.3, -0.25) is 0 Å². The molecule has 4 nitrogen and oxygen atoms in total. The number of benzene rings is 1. The van der Waals surface area contributed by atoms with E-state index in [1.807, 2.05) is 20.8 Å². The van der Waals surface area contributed by atoms with E-state index in [4.69, 9.17) is 14.1 Å². The molecule has 0 aliphatic carbocycles. The van der Waals surface area contributed by atoms with Gasteiger partial charge in [-0.2, -0.15) is 0 Å². The van der Waals surface area contributed by atoms with Crippen molar-refractivity contribution in [2.75, 3.05) is 13.2 Å². The summed E-state index contributed by atoms with van der Waals surface area (Å²) in [5.74, 6) is -0.380. The molecule has 0 aliphatic rings. The van der Waals surface area contributed by atoms with Gasteiger partial charge in [-0.15, -0.1) is 0 Å². The normalized spacial score (nSPS) is 11.6. The maximum atomic E-state index is 13.3. The van der Waals surface area contributed by atoms with Crippen LogP contribution in [-0.4, -0.2) is 31.6 Å². The second-order valence-electron chi connectivity index (χ2n) is 3.98. The molecule has 0 bridgehead atoms. The number of ether oxygens (including phenoxy) is 2. The monoisotopic (exact) mass is 300 g/mol. The first kappa shape index (κ1) is 20.1. The fraction of sp³-hybridized carbons (Fsp3) is 0.600. The Labute approximate surface area is 127 Å². The average Bonchev–Trinajstić information content (AvgIpc) is 2.48. The molecule has 0 radical (unpaired) electrons. The summed E-state index contributed by atoms with van der Waals surface area (Å²) in [6.07, 6.45) is -0.384. The summed E-state index contributed by atoms with van der Waals surface area (Å²) in [6, 6.07) is 4.11. The minimum absolute atomic E-state index is 0.151. The SMILES string of the molecule is CC.CCOB(O)c1ccc(F)cc1COC(C)OCC. The lowest BCUT2D eigenvalue weighted by Crippen LogP contribution is -2.37. The first-order valence-electron chi connectivity index (χ1n) is 7.39. The Bertz CT molecular complexity index is 390. The minimum Gasteiger partial charge on any atom is -0.423 e. The van der Waals surface area contributed by atoms with E-state index in [9.17, 15) is 9.41 Å². The highest BCUT2D eigenvalue weighted by Crippen LogP contribution is 2.07. The van der Waals surface area contributed by atoms with Crippen LogP contribution in [0.4, 0.5) is 4.39 Å². The maximum Gasteiger partial charge on any atom is 0.491 e. The van der Waals surface area contributed by atoms with Crippen LogP contribution in [0.15, 0.2) is 18.2 Å². The van der Waals surface area contributed by atoms with Gasteiger partial charge in [0.05, 0.1) is 6.61 Å². The number of rotatable bonds is 8. The van der Waals surface area contributed by atoms with Crippen molar-refractivity contribution >= 4 is 12.6 Å². The lowest BCUT2D eigenvalue weighted by Gasteiger charge is -2.16. The predicted molar refractivity (Wildman–Crippen MR) is 82.9 cm³/mol. The van der Waals surface area contributed by atoms with Gasteiger partial charge in [-0.1, -0.05) is 19.9 Å². The van der Waals surface area contributed by atoms with Crippen molar-refractivity contribution in [2.45, 2.75) is 47.5 Å². The Morgan fingerprint density at radius 3 is 2.43 bits per heavy atom. The highest BCUT2D eigenvalue weighted by atomic mass is 19.1. The molecular formula is C15H26BFO4. The van der Waals surface area contributed by atoms with Crippen molar-refractivity contribution in [3.8, 4) is 0 Å². The molecule has 0 saturated carbocycles. The van der Waals surface area contributed by atoms with Gasteiger partial charge < -0.3 is 19.2 Å². The zero-order valence-corrected chi connectivity index (χ0v) is 13.6. The van der Waals surface area contributed by atoms with Gasteiger partial charge in [-0.05, 0) is 43.9 Å². The van der Waals surface area contributed by atoms with Crippen LogP contribution in [-0.2, 0) is 20.7 Å². The molecule has 21 heavy (non-hydrogen) atoms. The van der Waals surface area contributed by atoms with Crippen molar-refractivity contribution in [1.29, 1.82) is 0 Å². The van der Waals surface area contributed by atoms with Crippen LogP contribution in [0.3, 0.4) is 0 Å². The van der Waals surface area contributed by atoms with Crippen LogP contribution in [0.2, 0.25) is 0 Å². The molecule has 120 valence electrons. The minimum atomic E-state index is -1.08. The molecular weight excluding hydrogens is 274 g/mol. The fourth-order valence-electron chi connectivity index (χ4n) is 1.68. The van der Waals surface area contributed by atoms with Crippen LogP contribution < -0.4 is 5.46 Å². The largest absolute Gasteiger partial charge is 0.491 e. The summed E-state index contributed by atoms with van der Waals surface area (Å²) < 4.78 is 29.0. The van der Waals surface area contributed by atoms with Crippen LogP contribution in [0.5, 0.6) is 0 Å². The Hall–Kier alpha value is -0.945. The molecule has 0 aliphatic heterocycles. The Kier molecular flexibility index (Phi) is 11.2. The van der Waals surface area contributed by atoms with E-state index in [-0.39, 0.29) is 18.7 Å². The molecule has 1 aromatic carbocycles. The fourth-order valence-corrected chi connectivity index (χ4v) is 1.68. The molecule has 1 aromatic rings. The highest BCUT2D eigenvalue weighted by molar-refractivity contribution is 6.60. The third kappa shape index (κ3) is 7.57. The van der Waals surface area contributed by atoms with E-state index in [0.717, 1.165) is 0 Å².